The summed E-state index contributed by atoms with van der Waals surface area (Å²) in [6.07, 6.45) is 5.44. The van der Waals surface area contributed by atoms with Crippen LogP contribution in [0.4, 0.5) is 5.69 Å². The molecule has 2 aliphatic rings. The molecule has 5 rings (SSSR count). The summed E-state index contributed by atoms with van der Waals surface area (Å²) in [6.45, 7) is 0.282. The average molecular weight is 600 g/mol. The highest BCUT2D eigenvalue weighted by Gasteiger charge is 2.39. The van der Waals surface area contributed by atoms with Gasteiger partial charge in [0.25, 0.3) is 0 Å². The lowest BCUT2D eigenvalue weighted by molar-refractivity contribution is 0.282. The number of allylic oxidation sites excluding steroid dienone is 2. The maximum absolute atomic E-state index is 6.58. The first-order chi connectivity index (χ1) is 16.4. The van der Waals surface area contributed by atoms with Gasteiger partial charge in [-0.15, -0.1) is 0 Å². The predicted octanol–water partition coefficient (Wildman–Crippen LogP) is 9.48. The van der Waals surface area contributed by atoms with Gasteiger partial charge in [-0.05, 0) is 75.8 Å². The van der Waals surface area contributed by atoms with Crippen LogP contribution in [0.1, 0.15) is 35.1 Å². The van der Waals surface area contributed by atoms with Crippen molar-refractivity contribution in [2.24, 2.45) is 5.92 Å². The lowest BCUT2D eigenvalue weighted by atomic mass is 9.77. The number of methoxy groups -OCH3 is 1. The number of anilines is 1. The van der Waals surface area contributed by atoms with Gasteiger partial charge in [-0.2, -0.15) is 0 Å². The molecule has 0 bridgehead atoms. The number of hydrogen-bond acceptors (Lipinski definition) is 3. The van der Waals surface area contributed by atoms with Crippen LogP contribution < -0.4 is 14.8 Å². The second-order valence-electron chi connectivity index (χ2n) is 8.39. The minimum atomic E-state index is 0.0381. The van der Waals surface area contributed by atoms with Gasteiger partial charge in [0.05, 0.1) is 28.3 Å². The SMILES string of the molecule is COc1cc([C@@H]2Nc3c(Cl)cc(Cl)cc3[C@@H]3C=CC[C@@H]32)cc(Br)c1OCc1ccc(Cl)cc1Cl. The fourth-order valence-electron chi connectivity index (χ4n) is 4.80. The number of halogens is 5. The number of rotatable bonds is 5. The molecule has 1 heterocycles. The van der Waals surface area contributed by atoms with Crippen LogP contribution in [0.15, 0.2) is 59.1 Å². The summed E-state index contributed by atoms with van der Waals surface area (Å²) in [5, 5.41) is 6.08. The molecule has 0 saturated heterocycles. The molecule has 3 aromatic rings. The van der Waals surface area contributed by atoms with E-state index in [1.807, 2.05) is 18.2 Å². The van der Waals surface area contributed by atoms with Crippen molar-refractivity contribution in [3.05, 3.63) is 95.9 Å². The van der Waals surface area contributed by atoms with Crippen molar-refractivity contribution in [2.75, 3.05) is 12.4 Å². The average Bonchev–Trinajstić information content (AvgIpc) is 3.29. The highest BCUT2D eigenvalue weighted by Crippen LogP contribution is 2.53. The molecule has 1 aliphatic carbocycles. The van der Waals surface area contributed by atoms with Gasteiger partial charge in [0.1, 0.15) is 6.61 Å². The molecule has 176 valence electrons. The van der Waals surface area contributed by atoms with Crippen molar-refractivity contribution >= 4 is 68.0 Å². The summed E-state index contributed by atoms with van der Waals surface area (Å²) in [6, 6.07) is 13.3. The topological polar surface area (TPSA) is 30.5 Å². The molecule has 0 unspecified atom stereocenters. The van der Waals surface area contributed by atoms with Crippen molar-refractivity contribution in [3.8, 4) is 11.5 Å². The number of fused-ring (bicyclic) bond motifs is 3. The molecule has 1 N–H and O–H groups in total. The van der Waals surface area contributed by atoms with E-state index in [0.29, 0.717) is 37.5 Å². The second kappa shape index (κ2) is 9.83. The Hall–Kier alpha value is -1.56. The molecule has 1 aliphatic heterocycles. The smallest absolute Gasteiger partial charge is 0.175 e. The van der Waals surface area contributed by atoms with E-state index >= 15 is 0 Å². The molecule has 34 heavy (non-hydrogen) atoms. The van der Waals surface area contributed by atoms with E-state index in [0.717, 1.165) is 33.3 Å². The van der Waals surface area contributed by atoms with Crippen LogP contribution in [0.2, 0.25) is 20.1 Å². The first kappa shape index (κ1) is 24.1. The largest absolute Gasteiger partial charge is 0.493 e. The zero-order valence-corrected chi connectivity index (χ0v) is 22.7. The standard InChI is InChI=1S/C26H20BrCl4NO2/c1-33-23-8-14(7-20(27)26(23)34-12-13-5-6-15(28)10-21(13)30)24-18-4-2-3-17(18)19-9-16(29)11-22(31)25(19)32-24/h2-3,5-11,17-18,24,32H,4,12H2,1H3/t17-,18+,24+/m1/s1. The van der Waals surface area contributed by atoms with Crippen LogP contribution in [-0.4, -0.2) is 7.11 Å². The number of ether oxygens (including phenoxy) is 2. The highest BCUT2D eigenvalue weighted by atomic mass is 79.9. The minimum Gasteiger partial charge on any atom is -0.493 e. The summed E-state index contributed by atoms with van der Waals surface area (Å²) in [4.78, 5) is 0. The van der Waals surface area contributed by atoms with E-state index in [2.05, 4.69) is 39.5 Å². The lowest BCUT2D eigenvalue weighted by Crippen LogP contribution is -2.29. The summed E-state index contributed by atoms with van der Waals surface area (Å²) >= 11 is 28.9. The Kier molecular flexibility index (Phi) is 6.98. The molecule has 0 saturated carbocycles. The Morgan fingerprint density at radius 2 is 1.79 bits per heavy atom. The molecule has 3 atom stereocenters. The monoisotopic (exact) mass is 597 g/mol. The van der Waals surface area contributed by atoms with E-state index < -0.39 is 0 Å². The third kappa shape index (κ3) is 4.52. The van der Waals surface area contributed by atoms with Crippen molar-refractivity contribution in [3.63, 3.8) is 0 Å². The van der Waals surface area contributed by atoms with Crippen LogP contribution in [0.25, 0.3) is 0 Å². The van der Waals surface area contributed by atoms with Crippen LogP contribution >= 0.6 is 62.3 Å². The lowest BCUT2D eigenvalue weighted by Gasteiger charge is -2.38. The van der Waals surface area contributed by atoms with Gasteiger partial charge in [0.2, 0.25) is 0 Å². The summed E-state index contributed by atoms with van der Waals surface area (Å²) in [5.74, 6) is 1.81. The molecular formula is C26H20BrCl4NO2. The van der Waals surface area contributed by atoms with Crippen molar-refractivity contribution in [1.82, 2.24) is 0 Å². The zero-order valence-electron chi connectivity index (χ0n) is 18.0. The fourth-order valence-corrected chi connectivity index (χ4v) is 6.40. The molecule has 0 spiro atoms. The number of benzene rings is 3. The van der Waals surface area contributed by atoms with Gasteiger partial charge < -0.3 is 14.8 Å². The summed E-state index contributed by atoms with van der Waals surface area (Å²) < 4.78 is 12.6. The van der Waals surface area contributed by atoms with Gasteiger partial charge in [-0.3, -0.25) is 0 Å². The number of nitrogens with one attached hydrogen (secondary N) is 1. The molecule has 3 aromatic carbocycles. The predicted molar refractivity (Wildman–Crippen MR) is 144 cm³/mol. The summed E-state index contributed by atoms with van der Waals surface area (Å²) in [7, 11) is 1.63. The van der Waals surface area contributed by atoms with Crippen molar-refractivity contribution in [1.29, 1.82) is 0 Å². The molecule has 8 heteroatoms. The van der Waals surface area contributed by atoms with E-state index in [1.54, 1.807) is 25.3 Å². The van der Waals surface area contributed by atoms with Crippen LogP contribution in [0.3, 0.4) is 0 Å². The Balaban J connectivity index is 1.47. The maximum Gasteiger partial charge on any atom is 0.175 e. The zero-order chi connectivity index (χ0) is 24.0. The quantitative estimate of drug-likeness (QED) is 0.296. The third-order valence-corrected chi connectivity index (χ3v) is 8.08. The molecule has 0 radical (unpaired) electrons. The van der Waals surface area contributed by atoms with Gasteiger partial charge in [0.15, 0.2) is 11.5 Å². The molecular weight excluding hydrogens is 580 g/mol. The van der Waals surface area contributed by atoms with Crippen LogP contribution in [0, 0.1) is 5.92 Å². The highest BCUT2D eigenvalue weighted by molar-refractivity contribution is 9.10. The van der Waals surface area contributed by atoms with Gasteiger partial charge in [-0.25, -0.2) is 0 Å². The van der Waals surface area contributed by atoms with Crippen molar-refractivity contribution in [2.45, 2.75) is 25.0 Å². The summed E-state index contributed by atoms with van der Waals surface area (Å²) in [5.41, 5.74) is 3.98. The Morgan fingerprint density at radius 3 is 2.56 bits per heavy atom. The first-order valence-electron chi connectivity index (χ1n) is 10.7. The van der Waals surface area contributed by atoms with E-state index in [1.165, 1.54) is 0 Å². The molecule has 3 nitrogen and oxygen atoms in total. The van der Waals surface area contributed by atoms with E-state index in [-0.39, 0.29) is 18.6 Å². The van der Waals surface area contributed by atoms with E-state index in [4.69, 9.17) is 55.9 Å². The Labute approximate surface area is 227 Å². The van der Waals surface area contributed by atoms with Crippen LogP contribution in [0.5, 0.6) is 11.5 Å². The molecule has 0 aromatic heterocycles. The number of hydrogen-bond donors (Lipinski definition) is 1. The Morgan fingerprint density at radius 1 is 1.00 bits per heavy atom. The first-order valence-corrected chi connectivity index (χ1v) is 13.0. The van der Waals surface area contributed by atoms with Gasteiger partial charge in [-0.1, -0.05) is 64.6 Å². The normalized spacial score (nSPS) is 20.5. The van der Waals surface area contributed by atoms with Gasteiger partial charge >= 0.3 is 0 Å². The molecule has 0 amide bonds. The third-order valence-electron chi connectivity index (χ3n) is 6.38. The second-order valence-corrected chi connectivity index (χ2v) is 10.9. The van der Waals surface area contributed by atoms with Gasteiger partial charge in [0, 0.05) is 26.5 Å². The van der Waals surface area contributed by atoms with E-state index in [9.17, 15) is 0 Å². The molecule has 0 fully saturated rings. The van der Waals surface area contributed by atoms with Crippen LogP contribution in [-0.2, 0) is 6.61 Å². The maximum atomic E-state index is 6.58. The fraction of sp³-hybridized carbons (Fsp3) is 0.231. The minimum absolute atomic E-state index is 0.0381. The Bertz CT molecular complexity index is 1300. The van der Waals surface area contributed by atoms with Crippen molar-refractivity contribution < 1.29 is 9.47 Å².